The van der Waals surface area contributed by atoms with Crippen molar-refractivity contribution in [2.75, 3.05) is 20.7 Å². The van der Waals surface area contributed by atoms with E-state index in [1.54, 1.807) is 7.11 Å². The summed E-state index contributed by atoms with van der Waals surface area (Å²) in [7, 11) is 3.84. The summed E-state index contributed by atoms with van der Waals surface area (Å²) in [5.74, 6) is 0.736. The molecule has 1 fully saturated rings. The van der Waals surface area contributed by atoms with E-state index >= 15 is 0 Å². The largest absolute Gasteiger partial charge is 0.481 e. The second-order valence-corrected chi connectivity index (χ2v) is 4.23. The number of likely N-dealkylation sites (tertiary alicyclic amines) is 1. The van der Waals surface area contributed by atoms with Crippen LogP contribution >= 0.6 is 0 Å². The molecule has 82 valence electrons. The Hall–Kier alpha value is -1.09. The molecular weight excluding hydrogens is 188 g/mol. The van der Waals surface area contributed by atoms with Crippen LogP contribution in [0.3, 0.4) is 0 Å². The third-order valence-electron chi connectivity index (χ3n) is 3.15. The number of ether oxygens (including phenoxy) is 1. The van der Waals surface area contributed by atoms with Gasteiger partial charge in [0.2, 0.25) is 5.88 Å². The first-order valence-electron chi connectivity index (χ1n) is 5.43. The molecule has 2 rings (SSSR count). The van der Waals surface area contributed by atoms with Gasteiger partial charge in [0.15, 0.2) is 0 Å². The van der Waals surface area contributed by atoms with Crippen molar-refractivity contribution in [3.8, 4) is 5.88 Å². The third-order valence-corrected chi connectivity index (χ3v) is 3.15. The molecule has 1 saturated heterocycles. The molecule has 1 aromatic rings. The standard InChI is InChI=1S/C12H18N2O/c1-9-7-10(8-13-12(9)15-3)11-5-4-6-14(11)2/h7-8,11H,4-6H2,1-3H3/t11-/m0/s1. The molecule has 2 heterocycles. The number of nitrogens with zero attached hydrogens (tertiary/aromatic N) is 2. The third kappa shape index (κ3) is 1.97. The van der Waals surface area contributed by atoms with E-state index in [1.165, 1.54) is 24.9 Å². The van der Waals surface area contributed by atoms with Crippen LogP contribution in [0.2, 0.25) is 0 Å². The number of aromatic nitrogens is 1. The van der Waals surface area contributed by atoms with Gasteiger partial charge in [-0.25, -0.2) is 4.98 Å². The van der Waals surface area contributed by atoms with Gasteiger partial charge in [0.1, 0.15) is 0 Å². The van der Waals surface area contributed by atoms with Crippen LogP contribution in [-0.2, 0) is 0 Å². The predicted octanol–water partition coefficient (Wildman–Crippen LogP) is 2.17. The molecule has 0 amide bonds. The van der Waals surface area contributed by atoms with Crippen LogP contribution in [0, 0.1) is 6.92 Å². The second-order valence-electron chi connectivity index (χ2n) is 4.23. The Balaban J connectivity index is 2.25. The van der Waals surface area contributed by atoms with Gasteiger partial charge in [-0.05, 0) is 45.0 Å². The molecule has 15 heavy (non-hydrogen) atoms. The maximum Gasteiger partial charge on any atom is 0.215 e. The van der Waals surface area contributed by atoms with Crippen LogP contribution < -0.4 is 4.74 Å². The van der Waals surface area contributed by atoms with Crippen LogP contribution in [-0.4, -0.2) is 30.6 Å². The maximum absolute atomic E-state index is 5.16. The highest BCUT2D eigenvalue weighted by atomic mass is 16.5. The normalized spacial score (nSPS) is 21.9. The summed E-state index contributed by atoms with van der Waals surface area (Å²) in [5.41, 5.74) is 2.43. The van der Waals surface area contributed by atoms with Crippen LogP contribution in [0.1, 0.15) is 30.0 Å². The minimum absolute atomic E-state index is 0.544. The van der Waals surface area contributed by atoms with Crippen molar-refractivity contribution in [1.29, 1.82) is 0 Å². The number of rotatable bonds is 2. The van der Waals surface area contributed by atoms with E-state index in [0.717, 1.165) is 11.4 Å². The van der Waals surface area contributed by atoms with E-state index in [1.807, 2.05) is 13.1 Å². The van der Waals surface area contributed by atoms with Gasteiger partial charge in [-0.15, -0.1) is 0 Å². The number of aryl methyl sites for hydroxylation is 1. The molecule has 0 N–H and O–H groups in total. The fourth-order valence-electron chi connectivity index (χ4n) is 2.31. The summed E-state index contributed by atoms with van der Waals surface area (Å²) >= 11 is 0. The Morgan fingerprint density at radius 1 is 1.53 bits per heavy atom. The van der Waals surface area contributed by atoms with Gasteiger partial charge >= 0.3 is 0 Å². The van der Waals surface area contributed by atoms with Crippen LogP contribution in [0.5, 0.6) is 5.88 Å². The Morgan fingerprint density at radius 2 is 2.33 bits per heavy atom. The number of methoxy groups -OCH3 is 1. The highest BCUT2D eigenvalue weighted by molar-refractivity contribution is 5.30. The zero-order chi connectivity index (χ0) is 10.8. The molecule has 3 heteroatoms. The predicted molar refractivity (Wildman–Crippen MR) is 60.1 cm³/mol. The van der Waals surface area contributed by atoms with Crippen molar-refractivity contribution in [3.63, 3.8) is 0 Å². The molecule has 1 aliphatic heterocycles. The maximum atomic E-state index is 5.16. The SMILES string of the molecule is COc1ncc([C@@H]2CCCN2C)cc1C. The summed E-state index contributed by atoms with van der Waals surface area (Å²) in [6, 6.07) is 2.74. The van der Waals surface area contributed by atoms with Gasteiger partial charge in [-0.3, -0.25) is 4.90 Å². The van der Waals surface area contributed by atoms with Crippen molar-refractivity contribution in [2.24, 2.45) is 0 Å². The molecule has 0 spiro atoms. The molecule has 1 aromatic heterocycles. The average Bonchev–Trinajstić information content (AvgIpc) is 2.64. The van der Waals surface area contributed by atoms with Gasteiger partial charge in [-0.2, -0.15) is 0 Å². The fourth-order valence-corrected chi connectivity index (χ4v) is 2.31. The highest BCUT2D eigenvalue weighted by Gasteiger charge is 2.23. The second kappa shape index (κ2) is 4.19. The minimum atomic E-state index is 0.544. The number of pyridine rings is 1. The van der Waals surface area contributed by atoms with E-state index < -0.39 is 0 Å². The molecule has 0 unspecified atom stereocenters. The van der Waals surface area contributed by atoms with Gasteiger partial charge < -0.3 is 4.74 Å². The lowest BCUT2D eigenvalue weighted by Gasteiger charge is -2.20. The monoisotopic (exact) mass is 206 g/mol. The molecule has 0 bridgehead atoms. The van der Waals surface area contributed by atoms with Crippen LogP contribution in [0.25, 0.3) is 0 Å². The smallest absolute Gasteiger partial charge is 0.215 e. The quantitative estimate of drug-likeness (QED) is 0.741. The number of hydrogen-bond donors (Lipinski definition) is 0. The Morgan fingerprint density at radius 3 is 2.87 bits per heavy atom. The van der Waals surface area contributed by atoms with Crippen molar-refractivity contribution >= 4 is 0 Å². The van der Waals surface area contributed by atoms with E-state index in [-0.39, 0.29) is 0 Å². The van der Waals surface area contributed by atoms with Crippen LogP contribution in [0.15, 0.2) is 12.3 Å². The summed E-state index contributed by atoms with van der Waals surface area (Å²) in [5, 5.41) is 0. The van der Waals surface area contributed by atoms with Crippen molar-refractivity contribution in [3.05, 3.63) is 23.4 Å². The Bertz CT molecular complexity index is 351. The average molecular weight is 206 g/mol. The Kier molecular flexibility index (Phi) is 2.91. The molecule has 1 aliphatic rings. The minimum Gasteiger partial charge on any atom is -0.481 e. The van der Waals surface area contributed by atoms with Crippen LogP contribution in [0.4, 0.5) is 0 Å². The molecule has 0 aliphatic carbocycles. The molecule has 1 atom stereocenters. The van der Waals surface area contributed by atoms with Crippen molar-refractivity contribution in [2.45, 2.75) is 25.8 Å². The van der Waals surface area contributed by atoms with Gasteiger partial charge in [0, 0.05) is 17.8 Å². The Labute approximate surface area is 91.1 Å². The van der Waals surface area contributed by atoms with E-state index in [9.17, 15) is 0 Å². The summed E-state index contributed by atoms with van der Waals surface area (Å²) in [4.78, 5) is 6.72. The zero-order valence-electron chi connectivity index (χ0n) is 9.66. The van der Waals surface area contributed by atoms with E-state index in [0.29, 0.717) is 6.04 Å². The first-order chi connectivity index (χ1) is 7.22. The molecule has 0 saturated carbocycles. The van der Waals surface area contributed by atoms with Crippen molar-refractivity contribution < 1.29 is 4.74 Å². The summed E-state index contributed by atoms with van der Waals surface area (Å²) < 4.78 is 5.16. The highest BCUT2D eigenvalue weighted by Crippen LogP contribution is 2.31. The first kappa shape index (κ1) is 10.4. The first-order valence-corrected chi connectivity index (χ1v) is 5.43. The zero-order valence-corrected chi connectivity index (χ0v) is 9.66. The molecule has 0 radical (unpaired) electrons. The lowest BCUT2D eigenvalue weighted by molar-refractivity contribution is 0.316. The summed E-state index contributed by atoms with van der Waals surface area (Å²) in [6.45, 7) is 3.24. The van der Waals surface area contributed by atoms with Gasteiger partial charge in [0.25, 0.3) is 0 Å². The molecular formula is C12H18N2O. The fraction of sp³-hybridized carbons (Fsp3) is 0.583. The molecule has 0 aromatic carbocycles. The van der Waals surface area contributed by atoms with Gasteiger partial charge in [0.05, 0.1) is 7.11 Å². The lowest BCUT2D eigenvalue weighted by Crippen LogP contribution is -2.17. The summed E-state index contributed by atoms with van der Waals surface area (Å²) in [6.07, 6.45) is 4.47. The molecule has 3 nitrogen and oxygen atoms in total. The van der Waals surface area contributed by atoms with E-state index in [4.69, 9.17) is 4.74 Å². The number of hydrogen-bond acceptors (Lipinski definition) is 3. The van der Waals surface area contributed by atoms with E-state index in [2.05, 4.69) is 23.0 Å². The van der Waals surface area contributed by atoms with Crippen molar-refractivity contribution in [1.82, 2.24) is 9.88 Å². The van der Waals surface area contributed by atoms with Gasteiger partial charge in [-0.1, -0.05) is 0 Å². The lowest BCUT2D eigenvalue weighted by atomic mass is 10.1. The topological polar surface area (TPSA) is 25.4 Å².